The van der Waals surface area contributed by atoms with E-state index in [2.05, 4.69) is 56.1 Å². The Bertz CT molecular complexity index is 564. The fraction of sp³-hybridized carbons (Fsp3) is 0.467. The summed E-state index contributed by atoms with van der Waals surface area (Å²) in [5, 5.41) is 4.76. The lowest BCUT2D eigenvalue weighted by Gasteiger charge is -2.32. The lowest BCUT2D eigenvalue weighted by atomic mass is 10.1. The Morgan fingerprint density at radius 1 is 1.40 bits per heavy atom. The predicted molar refractivity (Wildman–Crippen MR) is 93.0 cm³/mol. The van der Waals surface area contributed by atoms with Crippen molar-refractivity contribution in [2.45, 2.75) is 33.2 Å². The van der Waals surface area contributed by atoms with Gasteiger partial charge in [0.1, 0.15) is 0 Å². The monoisotopic (exact) mass is 307 g/mol. The summed E-state index contributed by atoms with van der Waals surface area (Å²) in [7, 11) is 1.86. The molecule has 2 rings (SSSR count). The molecule has 1 fully saturated rings. The van der Waals surface area contributed by atoms with Crippen LogP contribution in [0.2, 0.25) is 0 Å². The Morgan fingerprint density at radius 3 is 2.70 bits per heavy atom. The van der Waals surface area contributed by atoms with Crippen LogP contribution in [-0.4, -0.2) is 33.5 Å². The predicted octanol–water partition coefficient (Wildman–Crippen LogP) is 3.62. The van der Waals surface area contributed by atoms with E-state index in [0.29, 0.717) is 0 Å². The zero-order chi connectivity index (χ0) is 14.9. The number of benzene rings is 1. The van der Waals surface area contributed by atoms with Gasteiger partial charge in [-0.15, -0.1) is 0 Å². The number of thioether (sulfide) groups is 1. The van der Waals surface area contributed by atoms with Gasteiger partial charge < -0.3 is 5.32 Å². The lowest BCUT2D eigenvalue weighted by molar-refractivity contribution is 0.363. The van der Waals surface area contributed by atoms with Gasteiger partial charge in [-0.3, -0.25) is 4.90 Å². The maximum absolute atomic E-state index is 5.43. The lowest BCUT2D eigenvalue weighted by Crippen LogP contribution is -2.49. The quantitative estimate of drug-likeness (QED) is 0.802. The van der Waals surface area contributed by atoms with Crippen LogP contribution < -0.4 is 5.32 Å². The molecule has 0 unspecified atom stereocenters. The van der Waals surface area contributed by atoms with E-state index in [-0.39, 0.29) is 5.54 Å². The summed E-state index contributed by atoms with van der Waals surface area (Å²) >= 11 is 7.19. The minimum Gasteiger partial charge on any atom is -0.365 e. The number of hydrogen-bond acceptors (Lipinski definition) is 3. The van der Waals surface area contributed by atoms with Crippen molar-refractivity contribution in [3.05, 3.63) is 29.3 Å². The first-order chi connectivity index (χ1) is 9.35. The van der Waals surface area contributed by atoms with E-state index in [0.717, 1.165) is 21.7 Å². The van der Waals surface area contributed by atoms with Crippen molar-refractivity contribution in [1.82, 2.24) is 10.2 Å². The Morgan fingerprint density at radius 2 is 2.10 bits per heavy atom. The molecule has 0 aromatic heterocycles. The third-order valence-electron chi connectivity index (χ3n) is 3.34. The summed E-state index contributed by atoms with van der Waals surface area (Å²) in [5.41, 5.74) is 3.45. The van der Waals surface area contributed by atoms with Gasteiger partial charge in [0.25, 0.3) is 0 Å². The van der Waals surface area contributed by atoms with E-state index in [1.54, 1.807) is 11.8 Å². The second-order valence-electron chi connectivity index (χ2n) is 5.68. The fourth-order valence-corrected chi connectivity index (χ4v) is 3.85. The Balaban J connectivity index is 2.40. The van der Waals surface area contributed by atoms with Crippen molar-refractivity contribution in [2.75, 3.05) is 12.8 Å². The van der Waals surface area contributed by atoms with Crippen molar-refractivity contribution < 1.29 is 0 Å². The van der Waals surface area contributed by atoms with Crippen LogP contribution in [0.25, 0.3) is 0 Å². The van der Waals surface area contributed by atoms with E-state index in [9.17, 15) is 0 Å². The molecule has 1 aliphatic rings. The Labute approximate surface area is 130 Å². The zero-order valence-corrected chi connectivity index (χ0v) is 14.3. The maximum Gasteiger partial charge on any atom is 0.175 e. The first-order valence-corrected chi connectivity index (χ1v) is 8.05. The molecule has 1 saturated heterocycles. The largest absolute Gasteiger partial charge is 0.365 e. The number of aliphatic imine (C=N–C) groups is 1. The fourth-order valence-electron chi connectivity index (χ4n) is 2.22. The third-order valence-corrected chi connectivity index (χ3v) is 5.11. The standard InChI is InChI=1S/C15H21N3S2/c1-10-6-7-12(11(2)8-10)17-14-18(13(19)16-5)15(3,4)9-20-14/h6-8H,9H2,1-5H3,(H,16,19). The van der Waals surface area contributed by atoms with Crippen molar-refractivity contribution >= 4 is 39.9 Å². The van der Waals surface area contributed by atoms with Gasteiger partial charge in [0.05, 0.1) is 11.2 Å². The summed E-state index contributed by atoms with van der Waals surface area (Å²) < 4.78 is 0. The molecule has 0 bridgehead atoms. The van der Waals surface area contributed by atoms with Gasteiger partial charge in [0.15, 0.2) is 10.3 Å². The number of nitrogens with zero attached hydrogens (tertiary/aromatic N) is 2. The molecular weight excluding hydrogens is 286 g/mol. The van der Waals surface area contributed by atoms with Crippen LogP contribution in [0.1, 0.15) is 25.0 Å². The minimum absolute atomic E-state index is 0.0117. The van der Waals surface area contributed by atoms with Crippen molar-refractivity contribution in [3.8, 4) is 0 Å². The molecule has 0 aliphatic carbocycles. The molecule has 1 aromatic carbocycles. The molecule has 1 N–H and O–H groups in total. The van der Waals surface area contributed by atoms with Gasteiger partial charge >= 0.3 is 0 Å². The smallest absolute Gasteiger partial charge is 0.175 e. The van der Waals surface area contributed by atoms with Crippen LogP contribution in [0.3, 0.4) is 0 Å². The summed E-state index contributed by atoms with van der Waals surface area (Å²) in [6, 6.07) is 6.33. The van der Waals surface area contributed by atoms with Gasteiger partial charge in [-0.2, -0.15) is 0 Å². The summed E-state index contributed by atoms with van der Waals surface area (Å²) in [6.07, 6.45) is 0. The van der Waals surface area contributed by atoms with Gasteiger partial charge in [0.2, 0.25) is 0 Å². The molecule has 0 saturated carbocycles. The first-order valence-electron chi connectivity index (χ1n) is 6.66. The number of aryl methyl sites for hydroxylation is 2. The number of hydrogen-bond donors (Lipinski definition) is 1. The van der Waals surface area contributed by atoms with E-state index >= 15 is 0 Å². The average molecular weight is 307 g/mol. The van der Waals surface area contributed by atoms with Crippen molar-refractivity contribution in [1.29, 1.82) is 0 Å². The van der Waals surface area contributed by atoms with Crippen molar-refractivity contribution in [3.63, 3.8) is 0 Å². The normalized spacial score (nSPS) is 19.4. The van der Waals surface area contributed by atoms with Gasteiger partial charge in [0, 0.05) is 12.8 Å². The molecule has 3 nitrogen and oxygen atoms in total. The van der Waals surface area contributed by atoms with Gasteiger partial charge in [-0.05, 0) is 51.5 Å². The average Bonchev–Trinajstić information content (AvgIpc) is 2.67. The number of thiocarbonyl (C=S) groups is 1. The molecule has 0 atom stereocenters. The Kier molecular flexibility index (Phi) is 4.39. The van der Waals surface area contributed by atoms with E-state index in [1.165, 1.54) is 11.1 Å². The van der Waals surface area contributed by atoms with Crippen LogP contribution in [0.4, 0.5) is 5.69 Å². The summed E-state index contributed by atoms with van der Waals surface area (Å²) in [6.45, 7) is 8.57. The molecule has 5 heteroatoms. The van der Waals surface area contributed by atoms with E-state index in [1.807, 2.05) is 7.05 Å². The van der Waals surface area contributed by atoms with Crippen LogP contribution in [0.15, 0.2) is 23.2 Å². The third kappa shape index (κ3) is 2.99. The maximum atomic E-state index is 5.43. The molecule has 108 valence electrons. The topological polar surface area (TPSA) is 27.6 Å². The Hall–Kier alpha value is -1.07. The molecule has 1 heterocycles. The molecule has 0 radical (unpaired) electrons. The van der Waals surface area contributed by atoms with Crippen LogP contribution in [0.5, 0.6) is 0 Å². The van der Waals surface area contributed by atoms with Gasteiger partial charge in [-0.1, -0.05) is 29.5 Å². The number of amidine groups is 1. The molecule has 1 aliphatic heterocycles. The highest BCUT2D eigenvalue weighted by atomic mass is 32.2. The summed E-state index contributed by atoms with van der Waals surface area (Å²) in [4.78, 5) is 6.94. The highest BCUT2D eigenvalue weighted by Crippen LogP contribution is 2.35. The highest BCUT2D eigenvalue weighted by molar-refractivity contribution is 8.14. The second kappa shape index (κ2) is 5.74. The van der Waals surface area contributed by atoms with Crippen molar-refractivity contribution in [2.24, 2.45) is 4.99 Å². The molecule has 0 amide bonds. The molecular formula is C15H21N3S2. The van der Waals surface area contributed by atoms with Crippen LogP contribution in [0, 0.1) is 13.8 Å². The molecule has 1 aromatic rings. The number of rotatable bonds is 1. The van der Waals surface area contributed by atoms with Crippen LogP contribution >= 0.6 is 24.0 Å². The second-order valence-corrected chi connectivity index (χ2v) is 7.01. The van der Waals surface area contributed by atoms with E-state index < -0.39 is 0 Å². The number of nitrogens with one attached hydrogen (secondary N) is 1. The molecule has 20 heavy (non-hydrogen) atoms. The van der Waals surface area contributed by atoms with Gasteiger partial charge in [-0.25, -0.2) is 4.99 Å². The van der Waals surface area contributed by atoms with E-state index in [4.69, 9.17) is 17.2 Å². The SMILES string of the molecule is CNC(=S)N1C(=Nc2ccc(C)cc2C)SCC1(C)C. The summed E-state index contributed by atoms with van der Waals surface area (Å²) in [5.74, 6) is 0.985. The minimum atomic E-state index is -0.0117. The molecule has 0 spiro atoms. The highest BCUT2D eigenvalue weighted by Gasteiger charge is 2.39. The van der Waals surface area contributed by atoms with Crippen LogP contribution in [-0.2, 0) is 0 Å². The first kappa shape index (κ1) is 15.3. The zero-order valence-electron chi connectivity index (χ0n) is 12.7.